The summed E-state index contributed by atoms with van der Waals surface area (Å²) in [4.78, 5) is 14.0. The van der Waals surface area contributed by atoms with Crippen LogP contribution in [0.1, 0.15) is 46.5 Å². The third-order valence-electron chi connectivity index (χ3n) is 4.63. The fourth-order valence-corrected chi connectivity index (χ4v) is 3.90. The van der Waals surface area contributed by atoms with Crippen molar-refractivity contribution in [3.05, 3.63) is 12.7 Å². The van der Waals surface area contributed by atoms with Crippen LogP contribution in [0.15, 0.2) is 12.7 Å². The minimum atomic E-state index is -0.443. The van der Waals surface area contributed by atoms with E-state index in [1.807, 2.05) is 4.90 Å². The Morgan fingerprint density at radius 3 is 2.79 bits per heavy atom. The number of nitrogens with zero attached hydrogens (tertiary/aromatic N) is 1. The van der Waals surface area contributed by atoms with Crippen LogP contribution in [0.25, 0.3) is 0 Å². The molecule has 1 aliphatic heterocycles. The maximum absolute atomic E-state index is 12.1. The first-order valence-corrected chi connectivity index (χ1v) is 7.12. The van der Waals surface area contributed by atoms with Gasteiger partial charge in [0, 0.05) is 6.54 Å². The Bertz CT molecular complexity index is 410. The molecule has 0 radical (unpaired) electrons. The van der Waals surface area contributed by atoms with E-state index in [4.69, 9.17) is 5.41 Å². The number of carbonyl (C=O) groups excluding carboxylic acids is 1. The zero-order valence-corrected chi connectivity index (χ0v) is 12.3. The van der Waals surface area contributed by atoms with E-state index in [0.29, 0.717) is 18.3 Å². The zero-order valence-electron chi connectivity index (χ0n) is 12.3. The molecule has 1 saturated heterocycles. The molecule has 1 heterocycles. The van der Waals surface area contributed by atoms with Gasteiger partial charge in [0.2, 0.25) is 0 Å². The maximum atomic E-state index is 12.1. The number of amides is 2. The Morgan fingerprint density at radius 2 is 2.21 bits per heavy atom. The van der Waals surface area contributed by atoms with Gasteiger partial charge in [0.1, 0.15) is 11.4 Å². The monoisotopic (exact) mass is 263 g/mol. The molecule has 2 unspecified atom stereocenters. The summed E-state index contributed by atoms with van der Waals surface area (Å²) in [6, 6.07) is -0.138. The average molecular weight is 263 g/mol. The highest BCUT2D eigenvalue weighted by atomic mass is 16.2. The molecule has 1 saturated carbocycles. The van der Waals surface area contributed by atoms with Gasteiger partial charge in [-0.25, -0.2) is 4.79 Å². The Morgan fingerprint density at radius 1 is 1.53 bits per heavy atom. The predicted octanol–water partition coefficient (Wildman–Crippen LogP) is 3.15. The largest absolute Gasteiger partial charge is 0.323 e. The molecule has 2 aliphatic rings. The molecule has 1 spiro atoms. The van der Waals surface area contributed by atoms with Gasteiger partial charge >= 0.3 is 6.03 Å². The first-order chi connectivity index (χ1) is 8.84. The molecule has 0 aromatic carbocycles. The second-order valence-electron chi connectivity index (χ2n) is 6.79. The number of rotatable bonds is 2. The highest BCUT2D eigenvalue weighted by Crippen LogP contribution is 2.49. The number of carbonyl (C=O) groups is 1. The minimum absolute atomic E-state index is 0.0818. The molecule has 2 N–H and O–H groups in total. The van der Waals surface area contributed by atoms with Gasteiger partial charge in [0.25, 0.3) is 0 Å². The molecule has 19 heavy (non-hydrogen) atoms. The number of amidine groups is 1. The zero-order chi connectivity index (χ0) is 14.3. The number of nitrogens with one attached hydrogen (secondary N) is 2. The molecule has 1 aliphatic carbocycles. The Hall–Kier alpha value is -1.32. The van der Waals surface area contributed by atoms with E-state index < -0.39 is 5.54 Å². The van der Waals surface area contributed by atoms with Crippen LogP contribution in [0.3, 0.4) is 0 Å². The van der Waals surface area contributed by atoms with Gasteiger partial charge < -0.3 is 4.90 Å². The van der Waals surface area contributed by atoms with Crippen LogP contribution in [0.5, 0.6) is 0 Å². The summed E-state index contributed by atoms with van der Waals surface area (Å²) in [6.07, 6.45) is 5.99. The van der Waals surface area contributed by atoms with Gasteiger partial charge in [-0.15, -0.1) is 6.58 Å². The molecule has 2 atom stereocenters. The van der Waals surface area contributed by atoms with E-state index in [0.717, 1.165) is 19.3 Å². The van der Waals surface area contributed by atoms with Crippen LogP contribution in [0.2, 0.25) is 0 Å². The van der Waals surface area contributed by atoms with Crippen LogP contribution in [0, 0.1) is 16.7 Å². The third-order valence-corrected chi connectivity index (χ3v) is 4.63. The van der Waals surface area contributed by atoms with Crippen molar-refractivity contribution < 1.29 is 4.79 Å². The van der Waals surface area contributed by atoms with Gasteiger partial charge in [-0.2, -0.15) is 0 Å². The summed E-state index contributed by atoms with van der Waals surface area (Å²) in [7, 11) is 0. The van der Waals surface area contributed by atoms with E-state index in [9.17, 15) is 4.79 Å². The smallest absolute Gasteiger partial charge is 0.308 e. The molecule has 2 fully saturated rings. The second-order valence-corrected chi connectivity index (χ2v) is 6.79. The predicted molar refractivity (Wildman–Crippen MR) is 77.3 cm³/mol. The summed E-state index contributed by atoms with van der Waals surface area (Å²) in [6.45, 7) is 10.9. The summed E-state index contributed by atoms with van der Waals surface area (Å²) < 4.78 is 0. The van der Waals surface area contributed by atoms with Crippen LogP contribution in [-0.2, 0) is 0 Å². The van der Waals surface area contributed by atoms with Crippen LogP contribution in [-0.4, -0.2) is 28.9 Å². The molecular formula is C15H25N3O. The van der Waals surface area contributed by atoms with E-state index in [-0.39, 0.29) is 11.4 Å². The van der Waals surface area contributed by atoms with Crippen LogP contribution in [0.4, 0.5) is 4.79 Å². The van der Waals surface area contributed by atoms with Crippen LogP contribution < -0.4 is 5.32 Å². The Balaban J connectivity index is 2.47. The quantitative estimate of drug-likeness (QED) is 0.739. The van der Waals surface area contributed by atoms with Crippen molar-refractivity contribution in [1.29, 1.82) is 5.41 Å². The van der Waals surface area contributed by atoms with E-state index in [1.165, 1.54) is 6.42 Å². The topological polar surface area (TPSA) is 56.2 Å². The first-order valence-electron chi connectivity index (χ1n) is 7.12. The molecule has 2 amide bonds. The van der Waals surface area contributed by atoms with Gasteiger partial charge in [-0.3, -0.25) is 10.7 Å². The van der Waals surface area contributed by atoms with Crippen molar-refractivity contribution in [1.82, 2.24) is 10.2 Å². The SMILES string of the molecule is C=CCN1C(=O)NC(=N)C12CCCCC2C(C)(C)C. The fourth-order valence-electron chi connectivity index (χ4n) is 3.90. The molecule has 4 nitrogen and oxygen atoms in total. The lowest BCUT2D eigenvalue weighted by Crippen LogP contribution is -2.59. The standard InChI is InChI=1S/C15H25N3O/c1-5-10-18-13(19)17-12(16)15(18)9-7-6-8-11(15)14(2,3)4/h5,11H,1,6-10H2,2-4H3,(H2,16,17,19). The first kappa shape index (κ1) is 14.1. The number of urea groups is 1. The van der Waals surface area contributed by atoms with Crippen molar-refractivity contribution in [2.24, 2.45) is 11.3 Å². The Labute approximate surface area is 115 Å². The highest BCUT2D eigenvalue weighted by Gasteiger charge is 2.57. The Kier molecular flexibility index (Phi) is 3.45. The van der Waals surface area contributed by atoms with E-state index >= 15 is 0 Å². The van der Waals surface area contributed by atoms with Crippen LogP contribution >= 0.6 is 0 Å². The lowest BCUT2D eigenvalue weighted by atomic mass is 9.61. The van der Waals surface area contributed by atoms with E-state index in [2.05, 4.69) is 32.7 Å². The minimum Gasteiger partial charge on any atom is -0.308 e. The van der Waals surface area contributed by atoms with Crippen molar-refractivity contribution in [3.8, 4) is 0 Å². The van der Waals surface area contributed by atoms with Gasteiger partial charge in [-0.1, -0.05) is 39.7 Å². The summed E-state index contributed by atoms with van der Waals surface area (Å²) in [5, 5.41) is 11.1. The molecular weight excluding hydrogens is 238 g/mol. The van der Waals surface area contributed by atoms with E-state index in [1.54, 1.807) is 6.08 Å². The molecule has 0 bridgehead atoms. The average Bonchev–Trinajstić information content (AvgIpc) is 2.54. The number of hydrogen-bond acceptors (Lipinski definition) is 2. The van der Waals surface area contributed by atoms with Gasteiger partial charge in [0.05, 0.1) is 0 Å². The van der Waals surface area contributed by atoms with Crippen molar-refractivity contribution in [2.75, 3.05) is 6.54 Å². The number of hydrogen-bond donors (Lipinski definition) is 2. The molecule has 0 aromatic heterocycles. The summed E-state index contributed by atoms with van der Waals surface area (Å²) in [5.41, 5.74) is -0.361. The normalized spacial score (nSPS) is 31.7. The lowest BCUT2D eigenvalue weighted by molar-refractivity contribution is 0.0390. The highest BCUT2D eigenvalue weighted by molar-refractivity contribution is 6.08. The van der Waals surface area contributed by atoms with Crippen molar-refractivity contribution in [3.63, 3.8) is 0 Å². The molecule has 0 aromatic rings. The summed E-state index contributed by atoms with van der Waals surface area (Å²) >= 11 is 0. The molecule has 106 valence electrons. The fraction of sp³-hybridized carbons (Fsp3) is 0.733. The van der Waals surface area contributed by atoms with Crippen molar-refractivity contribution in [2.45, 2.75) is 52.0 Å². The summed E-state index contributed by atoms with van der Waals surface area (Å²) in [5.74, 6) is 0.708. The lowest BCUT2D eigenvalue weighted by Gasteiger charge is -2.50. The third kappa shape index (κ3) is 2.07. The molecule has 4 heteroatoms. The van der Waals surface area contributed by atoms with Crippen molar-refractivity contribution >= 4 is 11.9 Å². The van der Waals surface area contributed by atoms with Gasteiger partial charge in [-0.05, 0) is 24.2 Å². The maximum Gasteiger partial charge on any atom is 0.323 e. The van der Waals surface area contributed by atoms with Gasteiger partial charge in [0.15, 0.2) is 0 Å². The second kappa shape index (κ2) is 4.66. The molecule has 2 rings (SSSR count).